The van der Waals surface area contributed by atoms with E-state index in [2.05, 4.69) is 42.2 Å². The van der Waals surface area contributed by atoms with Gasteiger partial charge in [0.2, 0.25) is 0 Å². The van der Waals surface area contributed by atoms with Crippen LogP contribution in [0, 0.1) is 18.8 Å². The third-order valence-electron chi connectivity index (χ3n) is 7.14. The number of rotatable bonds is 0. The Kier molecular flexibility index (Phi) is 2.57. The summed E-state index contributed by atoms with van der Waals surface area (Å²) >= 11 is 0. The normalized spacial score (nSPS) is 30.7. The Labute approximate surface area is 143 Å². The van der Waals surface area contributed by atoms with Gasteiger partial charge in [-0.15, -0.1) is 0 Å². The van der Waals surface area contributed by atoms with Gasteiger partial charge in [-0.05, 0) is 102 Å². The van der Waals surface area contributed by atoms with Crippen molar-refractivity contribution in [3.63, 3.8) is 0 Å². The number of nitrogens with zero attached hydrogens (tertiary/aromatic N) is 1. The number of aryl methyl sites for hydroxylation is 1. The Bertz CT molecular complexity index is 972. The van der Waals surface area contributed by atoms with Crippen LogP contribution in [0.5, 0.6) is 0 Å². The third-order valence-corrected chi connectivity index (χ3v) is 7.14. The van der Waals surface area contributed by atoms with Gasteiger partial charge in [-0.2, -0.15) is 0 Å². The van der Waals surface area contributed by atoms with Crippen molar-refractivity contribution in [1.82, 2.24) is 4.98 Å². The Morgan fingerprint density at radius 3 is 2.46 bits per heavy atom. The van der Waals surface area contributed by atoms with Gasteiger partial charge in [-0.3, -0.25) is 4.98 Å². The molecule has 2 unspecified atom stereocenters. The molecular weight excluding hydrogens is 290 g/mol. The molecule has 4 aliphatic carbocycles. The molecule has 2 atom stereocenters. The third kappa shape index (κ3) is 1.68. The van der Waals surface area contributed by atoms with Gasteiger partial charge in [-0.25, -0.2) is 0 Å². The topological polar surface area (TPSA) is 12.9 Å². The van der Waals surface area contributed by atoms with Crippen molar-refractivity contribution in [2.45, 2.75) is 50.9 Å². The van der Waals surface area contributed by atoms with Crippen molar-refractivity contribution in [3.8, 4) is 0 Å². The summed E-state index contributed by atoms with van der Waals surface area (Å²) in [7, 11) is 0. The molecule has 0 radical (unpaired) electrons. The maximum absolute atomic E-state index is 4.65. The zero-order valence-corrected chi connectivity index (χ0v) is 14.3. The van der Waals surface area contributed by atoms with Crippen molar-refractivity contribution in [1.29, 1.82) is 0 Å². The minimum atomic E-state index is 0.800. The van der Waals surface area contributed by atoms with Gasteiger partial charge in [0.05, 0.1) is 5.52 Å². The van der Waals surface area contributed by atoms with E-state index in [9.17, 15) is 0 Å². The van der Waals surface area contributed by atoms with Crippen LogP contribution in [0.4, 0.5) is 0 Å². The summed E-state index contributed by atoms with van der Waals surface area (Å²) in [5.41, 5.74) is 5.91. The maximum atomic E-state index is 4.65. The first-order valence-electron chi connectivity index (χ1n) is 9.59. The molecule has 24 heavy (non-hydrogen) atoms. The highest BCUT2D eigenvalue weighted by molar-refractivity contribution is 6.09. The van der Waals surface area contributed by atoms with E-state index in [1.165, 1.54) is 59.3 Å². The predicted molar refractivity (Wildman–Crippen MR) is 99.5 cm³/mol. The van der Waals surface area contributed by atoms with E-state index in [1.54, 1.807) is 11.1 Å². The van der Waals surface area contributed by atoms with Crippen LogP contribution in [0.2, 0.25) is 0 Å². The lowest BCUT2D eigenvalue weighted by molar-refractivity contribution is 0.166. The molecule has 1 heteroatoms. The number of benzene rings is 2. The van der Waals surface area contributed by atoms with Gasteiger partial charge in [0.25, 0.3) is 0 Å². The lowest BCUT2D eigenvalue weighted by Crippen LogP contribution is -2.25. The van der Waals surface area contributed by atoms with Crippen molar-refractivity contribution in [3.05, 3.63) is 53.2 Å². The second-order valence-electron chi connectivity index (χ2n) is 8.56. The number of hydrogen-bond acceptors (Lipinski definition) is 1. The van der Waals surface area contributed by atoms with E-state index in [4.69, 9.17) is 0 Å². The van der Waals surface area contributed by atoms with Crippen LogP contribution in [0.3, 0.4) is 0 Å². The van der Waals surface area contributed by atoms with Crippen LogP contribution < -0.4 is 0 Å². The summed E-state index contributed by atoms with van der Waals surface area (Å²) in [6.07, 6.45) is 9.18. The molecule has 0 amide bonds. The van der Waals surface area contributed by atoms with E-state index in [0.29, 0.717) is 0 Å². The highest BCUT2D eigenvalue weighted by Crippen LogP contribution is 2.57. The molecule has 0 aliphatic heterocycles. The van der Waals surface area contributed by atoms with E-state index in [0.717, 1.165) is 23.7 Å². The molecule has 4 aliphatic rings. The fourth-order valence-corrected chi connectivity index (χ4v) is 6.42. The van der Waals surface area contributed by atoms with E-state index < -0.39 is 0 Å². The molecule has 1 aromatic heterocycles. The molecule has 4 bridgehead atoms. The summed E-state index contributed by atoms with van der Waals surface area (Å²) in [6, 6.07) is 11.7. The smallest absolute Gasteiger partial charge is 0.0737 e. The largest absolute Gasteiger partial charge is 0.256 e. The fraction of sp³-hybridized carbons (Fsp3) is 0.435. The molecule has 0 saturated heterocycles. The predicted octanol–water partition coefficient (Wildman–Crippen LogP) is 6.09. The molecule has 2 aromatic carbocycles. The van der Waals surface area contributed by atoms with E-state index >= 15 is 0 Å². The standard InChI is InChI=1S/C23H23N/c1-13-7-21-19(20-3-2-6-24-23(13)20)5-4-18-16-9-14-8-15(10-16)12-17(11-14)22(18)21/h2-7,14-17H,8-12H2,1H3. The number of aromatic nitrogens is 1. The molecular formula is C23H23N. The van der Waals surface area contributed by atoms with Gasteiger partial charge in [0.15, 0.2) is 0 Å². The van der Waals surface area contributed by atoms with Gasteiger partial charge in [0.1, 0.15) is 0 Å². The summed E-state index contributed by atoms with van der Waals surface area (Å²) in [4.78, 5) is 4.65. The average molecular weight is 313 g/mol. The molecule has 1 heterocycles. The Morgan fingerprint density at radius 2 is 1.62 bits per heavy atom. The highest BCUT2D eigenvalue weighted by atomic mass is 14.6. The monoisotopic (exact) mass is 313 g/mol. The van der Waals surface area contributed by atoms with Crippen LogP contribution in [-0.4, -0.2) is 4.98 Å². The number of fused-ring (bicyclic) bond motifs is 3. The highest BCUT2D eigenvalue weighted by Gasteiger charge is 2.42. The molecule has 2 saturated carbocycles. The summed E-state index contributed by atoms with van der Waals surface area (Å²) in [5, 5.41) is 4.28. The lowest BCUT2D eigenvalue weighted by Gasteiger charge is -2.38. The minimum Gasteiger partial charge on any atom is -0.256 e. The Balaban J connectivity index is 1.73. The van der Waals surface area contributed by atoms with Gasteiger partial charge in [-0.1, -0.05) is 18.2 Å². The van der Waals surface area contributed by atoms with Gasteiger partial charge in [0, 0.05) is 11.6 Å². The van der Waals surface area contributed by atoms with Crippen molar-refractivity contribution in [2.75, 3.05) is 0 Å². The SMILES string of the molecule is Cc1cc2c3c(ccc2c2cccnc12)C1CC2CC(C1)CC3C2. The first-order chi connectivity index (χ1) is 11.8. The van der Waals surface area contributed by atoms with Crippen LogP contribution in [0.15, 0.2) is 36.5 Å². The van der Waals surface area contributed by atoms with E-state index in [1.807, 2.05) is 6.20 Å². The maximum Gasteiger partial charge on any atom is 0.0737 e. The second-order valence-corrected chi connectivity index (χ2v) is 8.56. The second kappa shape index (κ2) is 4.59. The van der Waals surface area contributed by atoms with Crippen LogP contribution in [0.25, 0.3) is 21.7 Å². The number of pyridine rings is 1. The molecule has 3 aromatic rings. The molecule has 1 nitrogen and oxygen atoms in total. The van der Waals surface area contributed by atoms with Gasteiger partial charge < -0.3 is 0 Å². The molecule has 0 spiro atoms. The zero-order chi connectivity index (χ0) is 15.8. The van der Waals surface area contributed by atoms with Gasteiger partial charge >= 0.3 is 0 Å². The zero-order valence-electron chi connectivity index (χ0n) is 14.3. The fourth-order valence-electron chi connectivity index (χ4n) is 6.42. The summed E-state index contributed by atoms with van der Waals surface area (Å²) < 4.78 is 0. The van der Waals surface area contributed by atoms with Crippen molar-refractivity contribution < 1.29 is 0 Å². The van der Waals surface area contributed by atoms with Crippen LogP contribution in [0.1, 0.15) is 60.6 Å². The average Bonchev–Trinajstić information content (AvgIpc) is 2.76. The summed E-state index contributed by atoms with van der Waals surface area (Å²) in [5.74, 6) is 3.59. The Morgan fingerprint density at radius 1 is 0.833 bits per heavy atom. The summed E-state index contributed by atoms with van der Waals surface area (Å²) in [6.45, 7) is 2.23. The molecule has 2 fully saturated rings. The van der Waals surface area contributed by atoms with Crippen LogP contribution in [-0.2, 0) is 0 Å². The van der Waals surface area contributed by atoms with Crippen molar-refractivity contribution in [2.24, 2.45) is 11.8 Å². The minimum absolute atomic E-state index is 0.800. The van der Waals surface area contributed by atoms with E-state index in [-0.39, 0.29) is 0 Å². The van der Waals surface area contributed by atoms with Crippen LogP contribution >= 0.6 is 0 Å². The number of hydrogen-bond donors (Lipinski definition) is 0. The molecule has 7 rings (SSSR count). The lowest BCUT2D eigenvalue weighted by atomic mass is 9.67. The first-order valence-corrected chi connectivity index (χ1v) is 9.59. The van der Waals surface area contributed by atoms with Crippen molar-refractivity contribution >= 4 is 21.7 Å². The molecule has 120 valence electrons. The quantitative estimate of drug-likeness (QED) is 0.458. The Hall–Kier alpha value is -1.89. The first kappa shape index (κ1) is 13.4. The molecule has 0 N–H and O–H groups in total.